The maximum atomic E-state index is 12.4. The molecule has 122 valence electrons. The van der Waals surface area contributed by atoms with Gasteiger partial charge in [-0.15, -0.1) is 0 Å². The van der Waals surface area contributed by atoms with Crippen LogP contribution in [0.3, 0.4) is 0 Å². The lowest BCUT2D eigenvalue weighted by atomic mass is 10.3. The number of halogens is 3. The molecule has 1 saturated carbocycles. The van der Waals surface area contributed by atoms with Crippen molar-refractivity contribution in [1.29, 1.82) is 0 Å². The molecule has 2 amide bonds. The van der Waals surface area contributed by atoms with Gasteiger partial charge in [-0.1, -0.05) is 0 Å². The monoisotopic (exact) mass is 330 g/mol. The first kappa shape index (κ1) is 16.3. The molecule has 2 aliphatic rings. The van der Waals surface area contributed by atoms with Gasteiger partial charge in [0.25, 0.3) is 0 Å². The summed E-state index contributed by atoms with van der Waals surface area (Å²) in [5.74, 6) is -1.69. The Kier molecular flexibility index (Phi) is 4.39. The molecule has 2 rings (SSSR count). The van der Waals surface area contributed by atoms with Crippen LogP contribution in [0.2, 0.25) is 0 Å². The number of carbonyl (C=O) groups is 1. The van der Waals surface area contributed by atoms with E-state index >= 15 is 0 Å². The van der Waals surface area contributed by atoms with Gasteiger partial charge in [-0.05, 0) is 6.42 Å². The standard InChI is InChI=1S/C11H17F3N2O4S/c1-21(18,19)6-7-5-16(2-3-20-7)10(17)15-9-4-8(9)11(12,13)14/h7-9H,2-6H2,1H3,(H,15,17)/t7?,8-,9-/m1/s1. The van der Waals surface area contributed by atoms with E-state index in [0.29, 0.717) is 0 Å². The minimum atomic E-state index is -4.29. The number of hydrogen-bond acceptors (Lipinski definition) is 4. The number of nitrogens with one attached hydrogen (secondary N) is 1. The fourth-order valence-corrected chi connectivity index (χ4v) is 3.19. The second kappa shape index (κ2) is 5.64. The zero-order valence-corrected chi connectivity index (χ0v) is 12.2. The van der Waals surface area contributed by atoms with E-state index < -0.39 is 40.1 Å². The van der Waals surface area contributed by atoms with E-state index in [9.17, 15) is 26.4 Å². The van der Waals surface area contributed by atoms with E-state index in [0.717, 1.165) is 6.26 Å². The molecule has 0 bridgehead atoms. The van der Waals surface area contributed by atoms with Gasteiger partial charge in [-0.2, -0.15) is 13.2 Å². The van der Waals surface area contributed by atoms with Crippen LogP contribution in [0.1, 0.15) is 6.42 Å². The van der Waals surface area contributed by atoms with E-state index in [-0.39, 0.29) is 31.9 Å². The first-order chi connectivity index (χ1) is 9.56. The molecule has 0 aromatic heterocycles. The molecule has 1 unspecified atom stereocenters. The second-order valence-electron chi connectivity index (χ2n) is 5.47. The summed E-state index contributed by atoms with van der Waals surface area (Å²) in [6, 6.07) is -1.48. The molecule has 2 fully saturated rings. The molecular formula is C11H17F3N2O4S. The van der Waals surface area contributed by atoms with Gasteiger partial charge in [0.1, 0.15) is 9.84 Å². The SMILES string of the molecule is CS(=O)(=O)CC1CN(C(=O)N[C@@H]2C[C@H]2C(F)(F)F)CCO1. The minimum Gasteiger partial charge on any atom is -0.373 e. The number of nitrogens with zero attached hydrogens (tertiary/aromatic N) is 1. The van der Waals surface area contributed by atoms with Crippen LogP contribution in [-0.2, 0) is 14.6 Å². The van der Waals surface area contributed by atoms with Gasteiger partial charge in [-0.3, -0.25) is 0 Å². The van der Waals surface area contributed by atoms with E-state index in [1.54, 1.807) is 0 Å². The number of ether oxygens (including phenoxy) is 1. The van der Waals surface area contributed by atoms with E-state index in [4.69, 9.17) is 4.74 Å². The van der Waals surface area contributed by atoms with Crippen molar-refractivity contribution in [3.8, 4) is 0 Å². The van der Waals surface area contributed by atoms with Gasteiger partial charge >= 0.3 is 12.2 Å². The van der Waals surface area contributed by atoms with E-state index in [1.165, 1.54) is 4.90 Å². The maximum Gasteiger partial charge on any atom is 0.393 e. The van der Waals surface area contributed by atoms with Crippen LogP contribution in [0.4, 0.5) is 18.0 Å². The molecule has 21 heavy (non-hydrogen) atoms. The highest BCUT2D eigenvalue weighted by molar-refractivity contribution is 7.90. The average Bonchev–Trinajstić information content (AvgIpc) is 3.06. The molecule has 0 spiro atoms. The van der Waals surface area contributed by atoms with Crippen molar-refractivity contribution in [2.75, 3.05) is 31.7 Å². The van der Waals surface area contributed by atoms with Crippen molar-refractivity contribution in [3.05, 3.63) is 0 Å². The number of carbonyl (C=O) groups excluding carboxylic acids is 1. The lowest BCUT2D eigenvalue weighted by molar-refractivity contribution is -0.148. The predicted octanol–water partition coefficient (Wildman–Crippen LogP) is 0.392. The van der Waals surface area contributed by atoms with Crippen molar-refractivity contribution in [2.24, 2.45) is 5.92 Å². The highest BCUT2D eigenvalue weighted by Crippen LogP contribution is 2.44. The number of sulfone groups is 1. The number of urea groups is 1. The van der Waals surface area contributed by atoms with Crippen LogP contribution in [0.5, 0.6) is 0 Å². The highest BCUT2D eigenvalue weighted by Gasteiger charge is 2.56. The van der Waals surface area contributed by atoms with Crippen LogP contribution >= 0.6 is 0 Å². The molecule has 1 aliphatic heterocycles. The Morgan fingerprint density at radius 1 is 1.43 bits per heavy atom. The first-order valence-corrected chi connectivity index (χ1v) is 8.54. The lowest BCUT2D eigenvalue weighted by Gasteiger charge is -2.32. The van der Waals surface area contributed by atoms with E-state index in [1.807, 2.05) is 0 Å². The van der Waals surface area contributed by atoms with Gasteiger partial charge < -0.3 is 15.0 Å². The Balaban J connectivity index is 1.83. The fourth-order valence-electron chi connectivity index (χ4n) is 2.31. The Hall–Kier alpha value is -1.03. The summed E-state index contributed by atoms with van der Waals surface area (Å²) in [5, 5.41) is 2.33. The van der Waals surface area contributed by atoms with Crippen molar-refractivity contribution < 1.29 is 31.1 Å². The van der Waals surface area contributed by atoms with Crippen molar-refractivity contribution in [2.45, 2.75) is 24.7 Å². The Bertz CT molecular complexity index is 508. The summed E-state index contributed by atoms with van der Waals surface area (Å²) in [6.07, 6.45) is -3.97. The smallest absolute Gasteiger partial charge is 0.373 e. The van der Waals surface area contributed by atoms with Crippen molar-refractivity contribution in [3.63, 3.8) is 0 Å². The van der Waals surface area contributed by atoms with Gasteiger partial charge in [0.15, 0.2) is 0 Å². The molecule has 0 aromatic rings. The summed E-state index contributed by atoms with van der Waals surface area (Å²) < 4.78 is 64.8. The van der Waals surface area contributed by atoms with Crippen molar-refractivity contribution in [1.82, 2.24) is 10.2 Å². The number of hydrogen-bond donors (Lipinski definition) is 1. The molecular weight excluding hydrogens is 313 g/mol. The third-order valence-corrected chi connectivity index (χ3v) is 4.41. The number of morpholine rings is 1. The second-order valence-corrected chi connectivity index (χ2v) is 7.66. The molecule has 1 heterocycles. The summed E-state index contributed by atoms with van der Waals surface area (Å²) in [7, 11) is -3.24. The molecule has 0 aromatic carbocycles. The summed E-state index contributed by atoms with van der Waals surface area (Å²) in [6.45, 7) is 0.457. The average molecular weight is 330 g/mol. The Morgan fingerprint density at radius 3 is 2.62 bits per heavy atom. The number of alkyl halides is 3. The van der Waals surface area contributed by atoms with Gasteiger partial charge in [0, 0.05) is 25.4 Å². The van der Waals surface area contributed by atoms with E-state index in [2.05, 4.69) is 5.32 Å². The Labute approximate surface area is 120 Å². The summed E-state index contributed by atoms with van der Waals surface area (Å²) in [5.41, 5.74) is 0. The zero-order valence-electron chi connectivity index (χ0n) is 11.4. The third kappa shape index (κ3) is 4.73. The van der Waals surface area contributed by atoms with Crippen LogP contribution in [0, 0.1) is 5.92 Å². The van der Waals surface area contributed by atoms with Crippen LogP contribution < -0.4 is 5.32 Å². The summed E-state index contributed by atoms with van der Waals surface area (Å²) >= 11 is 0. The van der Waals surface area contributed by atoms with Gasteiger partial charge in [0.05, 0.1) is 24.4 Å². The normalized spacial score (nSPS) is 30.1. The molecule has 0 radical (unpaired) electrons. The molecule has 10 heteroatoms. The Morgan fingerprint density at radius 2 is 2.10 bits per heavy atom. The topological polar surface area (TPSA) is 75.7 Å². The summed E-state index contributed by atoms with van der Waals surface area (Å²) in [4.78, 5) is 13.2. The lowest BCUT2D eigenvalue weighted by Crippen LogP contribution is -2.51. The molecule has 1 N–H and O–H groups in total. The van der Waals surface area contributed by atoms with Crippen LogP contribution in [0.25, 0.3) is 0 Å². The number of rotatable bonds is 3. The number of amides is 2. The quantitative estimate of drug-likeness (QED) is 0.812. The highest BCUT2D eigenvalue weighted by atomic mass is 32.2. The van der Waals surface area contributed by atoms with Crippen molar-refractivity contribution >= 4 is 15.9 Å². The first-order valence-electron chi connectivity index (χ1n) is 6.48. The zero-order chi connectivity index (χ0) is 15.8. The van der Waals surface area contributed by atoms with Crippen LogP contribution in [-0.4, -0.2) is 69.4 Å². The largest absolute Gasteiger partial charge is 0.393 e. The molecule has 1 saturated heterocycles. The fraction of sp³-hybridized carbons (Fsp3) is 0.909. The van der Waals surface area contributed by atoms with Crippen LogP contribution in [0.15, 0.2) is 0 Å². The molecule has 6 nitrogen and oxygen atoms in total. The minimum absolute atomic E-state index is 0.0578. The maximum absolute atomic E-state index is 12.4. The van der Waals surface area contributed by atoms with Gasteiger partial charge in [-0.25, -0.2) is 13.2 Å². The predicted molar refractivity (Wildman–Crippen MR) is 67.5 cm³/mol. The molecule has 3 atom stereocenters. The third-order valence-electron chi connectivity index (χ3n) is 3.43. The van der Waals surface area contributed by atoms with Gasteiger partial charge in [0.2, 0.25) is 0 Å². The molecule has 1 aliphatic carbocycles.